The number of nitrogens with zero attached hydrogens (tertiary/aromatic N) is 17. The molecule has 4 N–H and O–H groups in total. The average Bonchev–Trinajstić information content (AvgIpc) is 1.20. The molecule has 16 heterocycles. The van der Waals surface area contributed by atoms with Crippen LogP contribution < -0.4 is 0 Å². The summed E-state index contributed by atoms with van der Waals surface area (Å²) >= 11 is 4.78. The Bertz CT molecular complexity index is 3630. The topological polar surface area (TPSA) is 322 Å². The first kappa shape index (κ1) is 87.5. The molecule has 0 saturated heterocycles. The number of imidazole rings is 1. The Hall–Kier alpha value is -14.9. The highest BCUT2D eigenvalue weighted by atomic mass is 32.1. The molecule has 0 aliphatic rings. The van der Waals surface area contributed by atoms with Gasteiger partial charge in [0.15, 0.2) is 6.39 Å². The van der Waals surface area contributed by atoms with Gasteiger partial charge in [-0.1, -0.05) is 157 Å². The van der Waals surface area contributed by atoms with Gasteiger partial charge < -0.3 is 23.3 Å². The summed E-state index contributed by atoms with van der Waals surface area (Å²) in [6.07, 6.45) is 53.5. The van der Waals surface area contributed by atoms with E-state index >= 15 is 0 Å². The molecule has 5 aromatic carbocycles. The average molecular weight is 1520 g/mol. The van der Waals surface area contributed by atoms with Crippen molar-refractivity contribution in [3.63, 3.8) is 0 Å². The highest BCUT2D eigenvalue weighted by molar-refractivity contribution is 7.07. The number of benzene rings is 5. The lowest BCUT2D eigenvalue weighted by Crippen LogP contribution is -1.73. The standard InChI is InChI=1S/C10H8.2C9H7N.C6H6.C5H5N.3C4H4N2.C4H5N.C4H4O.C4H4S.2C3H4N2.2C3H3NO.2C3H3NS.C2H3N3/c1-2-6-10-8-4-3-7-9(10)5-1;1-2-6-9-8(4-1)5-3-7-10-9;1-2-4-9-7-10-6-5-8(9)3-1;2*1-2-4-6-5-3-1;1-2-6-4-3-5-1;1-2-5-4-6-3-1;1-2-4-6-5-3-1;3*1-2-4-5-3-1;1-2-5-3-4-1;1-2-4-5-3-1;1-2-5-3-4-1;1-2-4-5-3-1;1-2-5-3-4-1;2*1-2-4-5-3-1/h1-8H;2*1-7H;1-6H;1-5H;3*1-4H;1-5H;2*1-4H;2*1-3H,(H,4,5);4*1-3H;1-2H,(H,3,4,5). The number of H-pyrrole nitrogens is 4. The minimum atomic E-state index is 1.06. The first-order valence-electron chi connectivity index (χ1n) is 32.9. The second kappa shape index (κ2) is 71.1. The molecule has 0 radical (unpaired) electrons. The van der Waals surface area contributed by atoms with E-state index in [0.717, 1.165) is 5.52 Å². The summed E-state index contributed by atoms with van der Waals surface area (Å²) in [6, 6.07) is 79.2. The smallest absolute Gasteiger partial charge is 0.180 e. The van der Waals surface area contributed by atoms with Crippen molar-refractivity contribution >= 4 is 66.7 Å². The molecule has 0 aliphatic heterocycles. The number of thiazole rings is 1. The van der Waals surface area contributed by atoms with Crippen LogP contribution in [-0.4, -0.2) is 105 Å². The summed E-state index contributed by atoms with van der Waals surface area (Å²) in [4.78, 5) is 43.3. The third-order valence-corrected chi connectivity index (χ3v) is 12.9. The van der Waals surface area contributed by atoms with E-state index < -0.39 is 0 Å². The number of aromatic nitrogens is 21. The number of thiophene rings is 1. The number of oxazole rings is 1. The van der Waals surface area contributed by atoms with E-state index in [9.17, 15) is 0 Å². The number of hydrogen-bond acceptors (Lipinski definition) is 23. The molecule has 0 bridgehead atoms. The molecule has 24 nitrogen and oxygen atoms in total. The van der Waals surface area contributed by atoms with Gasteiger partial charge in [-0.3, -0.25) is 35.0 Å². The second-order valence-electron chi connectivity index (χ2n) is 19.0. The predicted octanol–water partition coefficient (Wildman–Crippen LogP) is 19.8. The van der Waals surface area contributed by atoms with Gasteiger partial charge in [-0.05, 0) is 135 Å². The van der Waals surface area contributed by atoms with Crippen molar-refractivity contribution in [3.05, 3.63) is 469 Å². The van der Waals surface area contributed by atoms with Crippen molar-refractivity contribution in [2.45, 2.75) is 0 Å². The third-order valence-electron chi connectivity index (χ3n) is 11.3. The Balaban J connectivity index is 0.000000247. The fourth-order valence-electron chi connectivity index (χ4n) is 6.66. The lowest BCUT2D eigenvalue weighted by Gasteiger charge is -1.92. The number of pyridine rings is 3. The number of aromatic amines is 4. The van der Waals surface area contributed by atoms with Crippen LogP contribution in [0.3, 0.4) is 0 Å². The molecular weight excluding hydrogens is 1440 g/mol. The van der Waals surface area contributed by atoms with Crippen molar-refractivity contribution in [1.82, 2.24) is 105 Å². The third kappa shape index (κ3) is 55.6. The van der Waals surface area contributed by atoms with E-state index in [1.54, 1.807) is 183 Å². The van der Waals surface area contributed by atoms with E-state index in [1.807, 2.05) is 210 Å². The molecule has 27 heteroatoms. The Kier molecular flexibility index (Phi) is 56.5. The van der Waals surface area contributed by atoms with Gasteiger partial charge in [0.05, 0.1) is 54.7 Å². The Morgan fingerprint density at radius 3 is 1.18 bits per heavy atom. The van der Waals surface area contributed by atoms with Crippen molar-refractivity contribution < 1.29 is 13.4 Å². The molecule has 0 fully saturated rings. The number of furan rings is 1. The number of para-hydroxylation sites is 1. The molecule has 0 atom stereocenters. The summed E-state index contributed by atoms with van der Waals surface area (Å²) < 4.78 is 17.2. The van der Waals surface area contributed by atoms with Crippen LogP contribution in [0.1, 0.15) is 0 Å². The molecule has 0 unspecified atom stereocenters. The van der Waals surface area contributed by atoms with Crippen LogP contribution in [0.4, 0.5) is 0 Å². The molecule has 21 rings (SSSR count). The summed E-state index contributed by atoms with van der Waals surface area (Å²) in [5.74, 6) is 0. The van der Waals surface area contributed by atoms with Crippen molar-refractivity contribution in [3.8, 4) is 0 Å². The van der Waals surface area contributed by atoms with Crippen LogP contribution in [-0.2, 0) is 0 Å². The quantitative estimate of drug-likeness (QED) is 0.110. The zero-order valence-corrected chi connectivity index (χ0v) is 62.0. The monoisotopic (exact) mass is 1520 g/mol. The summed E-state index contributed by atoms with van der Waals surface area (Å²) in [7, 11) is 0. The van der Waals surface area contributed by atoms with Crippen molar-refractivity contribution in [2.24, 2.45) is 0 Å². The van der Waals surface area contributed by atoms with E-state index in [2.05, 4.69) is 191 Å². The molecule has 554 valence electrons. The van der Waals surface area contributed by atoms with E-state index in [0.29, 0.717) is 0 Å². The van der Waals surface area contributed by atoms with Gasteiger partial charge in [0.25, 0.3) is 0 Å². The first-order valence-corrected chi connectivity index (χ1v) is 35.6. The SMILES string of the molecule is c1c[nH]cn1.c1cc[nH]c1.c1ccc2ccccc2c1.c1ccc2cnccc2c1.c1ccc2ncccc2c1.c1ccccc1.c1ccncc1.c1ccnnc1.c1ccoc1.c1ccsc1.c1cn[nH]c1.c1cn[nH]n1.c1cnccn1.c1cncnc1.c1cnoc1.c1cnsc1.c1cocn1.c1cscn1. The van der Waals surface area contributed by atoms with E-state index in [4.69, 9.17) is 0 Å². The van der Waals surface area contributed by atoms with Crippen LogP contribution in [0.25, 0.3) is 32.4 Å². The lowest BCUT2D eigenvalue weighted by molar-refractivity contribution is 0.420. The Labute approximate surface area is 649 Å². The maximum absolute atomic E-state index is 4.58. The van der Waals surface area contributed by atoms with Crippen molar-refractivity contribution in [2.75, 3.05) is 0 Å². The van der Waals surface area contributed by atoms with Crippen molar-refractivity contribution in [1.29, 1.82) is 0 Å². The van der Waals surface area contributed by atoms with Gasteiger partial charge in [0, 0.05) is 146 Å². The molecule has 110 heavy (non-hydrogen) atoms. The molecule has 21 aromatic rings. The highest BCUT2D eigenvalue weighted by Gasteiger charge is 1.88. The number of hydrogen-bond donors (Lipinski definition) is 4. The Morgan fingerprint density at radius 2 is 0.891 bits per heavy atom. The van der Waals surface area contributed by atoms with E-state index in [1.165, 1.54) is 63.7 Å². The minimum Gasteiger partial charge on any atom is -0.473 e. The van der Waals surface area contributed by atoms with Gasteiger partial charge in [0.1, 0.15) is 18.9 Å². The van der Waals surface area contributed by atoms with Gasteiger partial charge in [-0.15, -0.1) is 11.3 Å². The van der Waals surface area contributed by atoms with Crippen LogP contribution in [0.2, 0.25) is 0 Å². The van der Waals surface area contributed by atoms with Gasteiger partial charge in [0.2, 0.25) is 0 Å². The predicted molar refractivity (Wildman–Crippen MR) is 439 cm³/mol. The Morgan fingerprint density at radius 1 is 0.291 bits per heavy atom. The van der Waals surface area contributed by atoms with Crippen LogP contribution in [0.15, 0.2) is 482 Å². The molecule has 0 spiro atoms. The lowest BCUT2D eigenvalue weighted by atomic mass is 10.1. The molecule has 0 amide bonds. The molecule has 0 aliphatic carbocycles. The maximum atomic E-state index is 4.58. The van der Waals surface area contributed by atoms with E-state index in [-0.39, 0.29) is 0 Å². The second-order valence-corrected chi connectivity index (χ2v) is 21.3. The summed E-state index contributed by atoms with van der Waals surface area (Å²) in [5, 5.41) is 40.2. The minimum absolute atomic E-state index is 1.06. The van der Waals surface area contributed by atoms with Crippen LogP contribution in [0, 0.1) is 0 Å². The molecule has 0 saturated carbocycles. The van der Waals surface area contributed by atoms with Crippen LogP contribution in [0.5, 0.6) is 0 Å². The number of rotatable bonds is 0. The fraction of sp³-hybridized carbons (Fsp3) is 0. The molecular formula is C83H81N21O3S3. The first-order chi connectivity index (χ1) is 54.9. The van der Waals surface area contributed by atoms with Crippen LogP contribution >= 0.6 is 34.2 Å². The highest BCUT2D eigenvalue weighted by Crippen LogP contribution is 2.12. The summed E-state index contributed by atoms with van der Waals surface area (Å²) in [5.41, 5.74) is 2.85. The van der Waals surface area contributed by atoms with Gasteiger partial charge >= 0.3 is 0 Å². The normalized spacial score (nSPS) is 8.55. The largest absolute Gasteiger partial charge is 0.473 e. The van der Waals surface area contributed by atoms with Gasteiger partial charge in [-0.2, -0.15) is 42.0 Å². The molecule has 16 aromatic heterocycles. The maximum Gasteiger partial charge on any atom is 0.180 e. The fourth-order valence-corrected chi connectivity index (χ4v) is 7.82. The zero-order chi connectivity index (χ0) is 77.0. The number of nitrogens with one attached hydrogen (secondary N) is 4. The summed E-state index contributed by atoms with van der Waals surface area (Å²) in [6.45, 7) is 0. The zero-order valence-electron chi connectivity index (χ0n) is 59.5. The number of fused-ring (bicyclic) bond motifs is 3. The van der Waals surface area contributed by atoms with Gasteiger partial charge in [-0.25, -0.2) is 24.3 Å².